The van der Waals surface area contributed by atoms with Crippen molar-refractivity contribution in [1.29, 1.82) is 0 Å². The van der Waals surface area contributed by atoms with Gasteiger partial charge in [0.2, 0.25) is 5.91 Å². The second kappa shape index (κ2) is 3.18. The molecule has 1 aromatic carbocycles. The number of rotatable bonds is 2. The molecule has 0 aliphatic rings. The summed E-state index contributed by atoms with van der Waals surface area (Å²) in [7, 11) is 1.98. The van der Waals surface area contributed by atoms with Crippen LogP contribution in [0.2, 0.25) is 0 Å². The minimum atomic E-state index is -0.290. The van der Waals surface area contributed by atoms with Crippen LogP contribution < -0.4 is 5.73 Å². The maximum atomic E-state index is 10.8. The summed E-state index contributed by atoms with van der Waals surface area (Å²) in [5, 5.41) is 1.11. The lowest BCUT2D eigenvalue weighted by molar-refractivity contribution is -0.117. The first kappa shape index (κ1) is 8.81. The monoisotopic (exact) mass is 188 g/mol. The number of hydrogen-bond donors (Lipinski definition) is 1. The van der Waals surface area contributed by atoms with Crippen molar-refractivity contribution in [3.63, 3.8) is 0 Å². The van der Waals surface area contributed by atoms with Gasteiger partial charge in [-0.1, -0.05) is 12.1 Å². The third kappa shape index (κ3) is 1.37. The quantitative estimate of drug-likeness (QED) is 0.756. The Morgan fingerprint density at radius 3 is 2.93 bits per heavy atom. The Morgan fingerprint density at radius 2 is 2.21 bits per heavy atom. The van der Waals surface area contributed by atoms with Crippen LogP contribution in [0.15, 0.2) is 30.5 Å². The van der Waals surface area contributed by atoms with E-state index >= 15 is 0 Å². The molecule has 0 bridgehead atoms. The smallest absolute Gasteiger partial charge is 0.221 e. The number of nitrogens with zero attached hydrogens (tertiary/aromatic N) is 1. The number of fused-ring (bicyclic) bond motifs is 1. The molecule has 1 amide bonds. The molecule has 2 aromatic rings. The first-order valence-corrected chi connectivity index (χ1v) is 4.49. The number of carbonyl (C=O) groups excluding carboxylic acids is 1. The van der Waals surface area contributed by atoms with Gasteiger partial charge in [0.25, 0.3) is 0 Å². The van der Waals surface area contributed by atoms with E-state index in [2.05, 4.69) is 0 Å². The lowest BCUT2D eigenvalue weighted by Gasteiger charge is -2.01. The van der Waals surface area contributed by atoms with E-state index in [4.69, 9.17) is 5.73 Å². The Morgan fingerprint density at radius 1 is 1.43 bits per heavy atom. The highest BCUT2D eigenvalue weighted by Gasteiger charge is 2.05. The standard InChI is InChI=1S/C11H12N2O/c1-13-6-5-9-8(7-11(12)14)3-2-4-10(9)13/h2-6H,7H2,1H3,(H2,12,14). The molecule has 3 nitrogen and oxygen atoms in total. The van der Waals surface area contributed by atoms with Crippen molar-refractivity contribution in [3.05, 3.63) is 36.0 Å². The number of amides is 1. The van der Waals surface area contributed by atoms with Crippen LogP contribution in [0.4, 0.5) is 0 Å². The highest BCUT2D eigenvalue weighted by molar-refractivity contribution is 5.88. The van der Waals surface area contributed by atoms with Crippen molar-refractivity contribution >= 4 is 16.8 Å². The Labute approximate surface area is 82.1 Å². The summed E-state index contributed by atoms with van der Waals surface area (Å²) in [5.41, 5.74) is 7.30. The molecule has 0 unspecified atom stereocenters. The molecule has 0 radical (unpaired) electrons. The second-order valence-electron chi connectivity index (χ2n) is 3.42. The van der Waals surface area contributed by atoms with Gasteiger partial charge in [0.1, 0.15) is 0 Å². The maximum absolute atomic E-state index is 10.8. The van der Waals surface area contributed by atoms with E-state index in [9.17, 15) is 4.79 Å². The zero-order chi connectivity index (χ0) is 10.1. The summed E-state index contributed by atoms with van der Waals surface area (Å²) < 4.78 is 2.03. The number of nitrogens with two attached hydrogens (primary N) is 1. The first-order chi connectivity index (χ1) is 6.68. The number of aryl methyl sites for hydroxylation is 1. The highest BCUT2D eigenvalue weighted by atomic mass is 16.1. The first-order valence-electron chi connectivity index (χ1n) is 4.49. The van der Waals surface area contributed by atoms with Crippen LogP contribution >= 0.6 is 0 Å². The van der Waals surface area contributed by atoms with Crippen molar-refractivity contribution in [3.8, 4) is 0 Å². The molecule has 72 valence electrons. The van der Waals surface area contributed by atoms with Gasteiger partial charge >= 0.3 is 0 Å². The maximum Gasteiger partial charge on any atom is 0.221 e. The van der Waals surface area contributed by atoms with Crippen LogP contribution in [0.1, 0.15) is 5.56 Å². The second-order valence-corrected chi connectivity index (χ2v) is 3.42. The summed E-state index contributed by atoms with van der Waals surface area (Å²) in [6.07, 6.45) is 2.29. The van der Waals surface area contributed by atoms with Gasteiger partial charge in [-0.05, 0) is 17.7 Å². The van der Waals surface area contributed by atoms with Gasteiger partial charge in [-0.3, -0.25) is 4.79 Å². The summed E-state index contributed by atoms with van der Waals surface area (Å²) in [6.45, 7) is 0. The SMILES string of the molecule is Cn1ccc2c(CC(N)=O)cccc21. The highest BCUT2D eigenvalue weighted by Crippen LogP contribution is 2.19. The van der Waals surface area contributed by atoms with Crippen LogP contribution in [-0.4, -0.2) is 10.5 Å². The van der Waals surface area contributed by atoms with Crippen LogP contribution in [0.25, 0.3) is 10.9 Å². The van der Waals surface area contributed by atoms with E-state index < -0.39 is 0 Å². The zero-order valence-corrected chi connectivity index (χ0v) is 8.03. The number of carbonyl (C=O) groups is 1. The molecule has 2 N–H and O–H groups in total. The average Bonchev–Trinajstić information content (AvgIpc) is 2.49. The van der Waals surface area contributed by atoms with Crippen molar-refractivity contribution in [1.82, 2.24) is 4.57 Å². The Kier molecular flexibility index (Phi) is 2.00. The molecule has 0 saturated carbocycles. The van der Waals surface area contributed by atoms with Gasteiger partial charge in [0.05, 0.1) is 6.42 Å². The van der Waals surface area contributed by atoms with Crippen LogP contribution in [-0.2, 0) is 18.3 Å². The Balaban J connectivity index is 2.59. The molecule has 0 spiro atoms. The number of aromatic nitrogens is 1. The van der Waals surface area contributed by atoms with Crippen molar-refractivity contribution in [2.24, 2.45) is 12.8 Å². The summed E-state index contributed by atoms with van der Waals surface area (Å²) in [4.78, 5) is 10.8. The van der Waals surface area contributed by atoms with E-state index in [1.165, 1.54) is 0 Å². The van der Waals surface area contributed by atoms with Gasteiger partial charge in [0, 0.05) is 24.1 Å². The lowest BCUT2D eigenvalue weighted by atomic mass is 10.1. The third-order valence-corrected chi connectivity index (χ3v) is 2.38. The van der Waals surface area contributed by atoms with Crippen LogP contribution in [0, 0.1) is 0 Å². The van der Waals surface area contributed by atoms with E-state index in [1.54, 1.807) is 0 Å². The normalized spacial score (nSPS) is 10.6. The van der Waals surface area contributed by atoms with Crippen molar-refractivity contribution in [2.45, 2.75) is 6.42 Å². The number of hydrogen-bond acceptors (Lipinski definition) is 1. The van der Waals surface area contributed by atoms with E-state index in [-0.39, 0.29) is 5.91 Å². The van der Waals surface area contributed by atoms with E-state index in [0.29, 0.717) is 6.42 Å². The molecule has 0 fully saturated rings. The van der Waals surface area contributed by atoms with Crippen molar-refractivity contribution < 1.29 is 4.79 Å². The van der Waals surface area contributed by atoms with Crippen molar-refractivity contribution in [2.75, 3.05) is 0 Å². The predicted molar refractivity (Wildman–Crippen MR) is 55.8 cm³/mol. The van der Waals surface area contributed by atoms with Gasteiger partial charge in [-0.2, -0.15) is 0 Å². The fourth-order valence-corrected chi connectivity index (χ4v) is 1.71. The molecule has 0 aliphatic carbocycles. The molecule has 3 heteroatoms. The molecular formula is C11H12N2O. The molecule has 14 heavy (non-hydrogen) atoms. The van der Waals surface area contributed by atoms with E-state index in [1.807, 2.05) is 42.1 Å². The van der Waals surface area contributed by atoms with Crippen LogP contribution in [0.3, 0.4) is 0 Å². The summed E-state index contributed by atoms with van der Waals surface area (Å²) in [6, 6.07) is 7.92. The molecular weight excluding hydrogens is 176 g/mol. The van der Waals surface area contributed by atoms with Crippen LogP contribution in [0.5, 0.6) is 0 Å². The predicted octanol–water partition coefficient (Wildman–Crippen LogP) is 1.21. The topological polar surface area (TPSA) is 48.0 Å². The number of primary amides is 1. The summed E-state index contributed by atoms with van der Waals surface area (Å²) >= 11 is 0. The molecule has 0 aliphatic heterocycles. The van der Waals surface area contributed by atoms with Gasteiger partial charge in [-0.25, -0.2) is 0 Å². The minimum Gasteiger partial charge on any atom is -0.369 e. The zero-order valence-electron chi connectivity index (χ0n) is 8.03. The average molecular weight is 188 g/mol. The molecule has 0 saturated heterocycles. The lowest BCUT2D eigenvalue weighted by Crippen LogP contribution is -2.13. The van der Waals surface area contributed by atoms with Gasteiger partial charge < -0.3 is 10.3 Å². The molecule has 2 rings (SSSR count). The fourth-order valence-electron chi connectivity index (χ4n) is 1.71. The molecule has 0 atom stereocenters. The Hall–Kier alpha value is -1.77. The third-order valence-electron chi connectivity index (χ3n) is 2.38. The largest absolute Gasteiger partial charge is 0.369 e. The van der Waals surface area contributed by atoms with E-state index in [0.717, 1.165) is 16.5 Å². The minimum absolute atomic E-state index is 0.290. The Bertz CT molecular complexity index is 485. The molecule has 1 heterocycles. The van der Waals surface area contributed by atoms with Gasteiger partial charge in [-0.15, -0.1) is 0 Å². The summed E-state index contributed by atoms with van der Waals surface area (Å²) in [5.74, 6) is -0.290. The fraction of sp³-hybridized carbons (Fsp3) is 0.182. The molecule has 1 aromatic heterocycles. The number of benzene rings is 1. The van der Waals surface area contributed by atoms with Gasteiger partial charge in [0.15, 0.2) is 0 Å².